The molecule has 2 atom stereocenters. The molecule has 0 saturated carbocycles. The van der Waals surface area contributed by atoms with Gasteiger partial charge in [0.15, 0.2) is 5.96 Å². The van der Waals surface area contributed by atoms with Crippen molar-refractivity contribution in [1.29, 1.82) is 0 Å². The highest BCUT2D eigenvalue weighted by Gasteiger charge is 2.24. The number of aryl methyl sites for hydroxylation is 1. The van der Waals surface area contributed by atoms with Crippen molar-refractivity contribution in [3.8, 4) is 0 Å². The van der Waals surface area contributed by atoms with E-state index in [1.165, 1.54) is 11.1 Å². The van der Waals surface area contributed by atoms with E-state index in [1.54, 1.807) is 0 Å². The van der Waals surface area contributed by atoms with Gasteiger partial charge in [0.2, 0.25) is 0 Å². The number of benzene rings is 1. The maximum Gasteiger partial charge on any atom is 0.191 e. The van der Waals surface area contributed by atoms with Crippen LogP contribution in [0.25, 0.3) is 0 Å². The standard InChI is InChI=1S/C23H41N5/c1-7-24-23(25-16-20(5)21-10-8-9-19(4)15-21)26-17-22(18(2)3)28-13-11-27(6)12-14-28/h8-10,15,18,20,22H,7,11-14,16-17H2,1-6H3,(H2,24,25,26). The molecule has 0 spiro atoms. The average Bonchev–Trinajstić information content (AvgIpc) is 2.67. The van der Waals surface area contributed by atoms with E-state index in [2.05, 4.69) is 86.4 Å². The summed E-state index contributed by atoms with van der Waals surface area (Å²) in [4.78, 5) is 9.98. The van der Waals surface area contributed by atoms with E-state index in [1.807, 2.05) is 0 Å². The van der Waals surface area contributed by atoms with Gasteiger partial charge in [-0.2, -0.15) is 0 Å². The van der Waals surface area contributed by atoms with Crippen LogP contribution in [0.15, 0.2) is 29.3 Å². The summed E-state index contributed by atoms with van der Waals surface area (Å²) in [6.07, 6.45) is 0. The molecule has 0 radical (unpaired) electrons. The number of likely N-dealkylation sites (N-methyl/N-ethyl adjacent to an activating group) is 1. The molecule has 0 amide bonds. The van der Waals surface area contributed by atoms with Crippen LogP contribution >= 0.6 is 0 Å². The van der Waals surface area contributed by atoms with Crippen LogP contribution in [-0.2, 0) is 0 Å². The zero-order valence-electron chi connectivity index (χ0n) is 18.8. The number of piperazine rings is 1. The largest absolute Gasteiger partial charge is 0.357 e. The Labute approximate surface area is 172 Å². The Morgan fingerprint density at radius 1 is 1.11 bits per heavy atom. The first-order valence-electron chi connectivity index (χ1n) is 10.9. The Morgan fingerprint density at radius 2 is 1.82 bits per heavy atom. The third-order valence-corrected chi connectivity index (χ3v) is 5.74. The average molecular weight is 388 g/mol. The third-order valence-electron chi connectivity index (χ3n) is 5.74. The van der Waals surface area contributed by atoms with Crippen LogP contribution in [0.3, 0.4) is 0 Å². The SMILES string of the molecule is CCNC(=NCC(C(C)C)N1CCN(C)CC1)NCC(C)c1cccc(C)c1. The van der Waals surface area contributed by atoms with Crippen LogP contribution in [0.2, 0.25) is 0 Å². The quantitative estimate of drug-likeness (QED) is 0.532. The van der Waals surface area contributed by atoms with Gasteiger partial charge in [0, 0.05) is 45.3 Å². The van der Waals surface area contributed by atoms with Gasteiger partial charge in [0.05, 0.1) is 6.54 Å². The Hall–Kier alpha value is -1.59. The smallest absolute Gasteiger partial charge is 0.191 e. The van der Waals surface area contributed by atoms with Crippen molar-refractivity contribution in [3.63, 3.8) is 0 Å². The van der Waals surface area contributed by atoms with Crippen molar-refractivity contribution in [2.24, 2.45) is 10.9 Å². The van der Waals surface area contributed by atoms with Gasteiger partial charge in [-0.05, 0) is 38.3 Å². The number of rotatable bonds is 8. The van der Waals surface area contributed by atoms with Gasteiger partial charge in [-0.1, -0.05) is 50.6 Å². The third kappa shape index (κ3) is 7.10. The van der Waals surface area contributed by atoms with E-state index in [0.717, 1.165) is 51.8 Å². The lowest BCUT2D eigenvalue weighted by Gasteiger charge is -2.39. The minimum atomic E-state index is 0.447. The minimum Gasteiger partial charge on any atom is -0.357 e. The molecule has 0 aliphatic carbocycles. The van der Waals surface area contributed by atoms with Crippen molar-refractivity contribution in [1.82, 2.24) is 20.4 Å². The summed E-state index contributed by atoms with van der Waals surface area (Å²) in [5.41, 5.74) is 2.69. The molecule has 1 aromatic rings. The first-order valence-corrected chi connectivity index (χ1v) is 10.9. The lowest BCUT2D eigenvalue weighted by Crippen LogP contribution is -2.52. The number of nitrogens with zero attached hydrogens (tertiary/aromatic N) is 3. The summed E-state index contributed by atoms with van der Waals surface area (Å²) >= 11 is 0. The maximum absolute atomic E-state index is 4.95. The molecule has 0 bridgehead atoms. The molecule has 5 heteroatoms. The monoisotopic (exact) mass is 387 g/mol. The lowest BCUT2D eigenvalue weighted by molar-refractivity contribution is 0.0925. The second kappa shape index (κ2) is 11.4. The first-order chi connectivity index (χ1) is 13.4. The molecule has 1 saturated heterocycles. The predicted molar refractivity (Wildman–Crippen MR) is 121 cm³/mol. The summed E-state index contributed by atoms with van der Waals surface area (Å²) < 4.78 is 0. The van der Waals surface area contributed by atoms with Crippen LogP contribution in [-0.4, -0.2) is 74.7 Å². The molecule has 5 nitrogen and oxygen atoms in total. The van der Waals surface area contributed by atoms with E-state index >= 15 is 0 Å². The van der Waals surface area contributed by atoms with E-state index in [-0.39, 0.29) is 0 Å². The second-order valence-electron chi connectivity index (χ2n) is 8.57. The Kier molecular flexibility index (Phi) is 9.26. The molecular weight excluding hydrogens is 346 g/mol. The van der Waals surface area contributed by atoms with Gasteiger partial charge in [-0.3, -0.25) is 9.89 Å². The number of guanidine groups is 1. The zero-order valence-corrected chi connectivity index (χ0v) is 18.8. The van der Waals surface area contributed by atoms with Gasteiger partial charge in [0.1, 0.15) is 0 Å². The maximum atomic E-state index is 4.95. The van der Waals surface area contributed by atoms with Crippen molar-refractivity contribution in [2.45, 2.75) is 46.6 Å². The van der Waals surface area contributed by atoms with Gasteiger partial charge in [0.25, 0.3) is 0 Å². The van der Waals surface area contributed by atoms with Crippen molar-refractivity contribution in [3.05, 3.63) is 35.4 Å². The van der Waals surface area contributed by atoms with Crippen LogP contribution in [0, 0.1) is 12.8 Å². The van der Waals surface area contributed by atoms with Gasteiger partial charge >= 0.3 is 0 Å². The highest BCUT2D eigenvalue weighted by atomic mass is 15.3. The summed E-state index contributed by atoms with van der Waals surface area (Å²) in [6.45, 7) is 18.4. The number of aliphatic imine (C=N–C) groups is 1. The number of nitrogens with one attached hydrogen (secondary N) is 2. The molecule has 1 aliphatic heterocycles. The molecule has 2 rings (SSSR count). The second-order valence-corrected chi connectivity index (χ2v) is 8.57. The molecule has 0 aromatic heterocycles. The van der Waals surface area contributed by atoms with E-state index in [9.17, 15) is 0 Å². The van der Waals surface area contributed by atoms with Crippen molar-refractivity contribution in [2.75, 3.05) is 52.9 Å². The minimum absolute atomic E-state index is 0.447. The molecule has 1 aromatic carbocycles. The highest BCUT2D eigenvalue weighted by molar-refractivity contribution is 5.79. The fourth-order valence-corrected chi connectivity index (χ4v) is 3.77. The lowest BCUT2D eigenvalue weighted by atomic mass is 9.99. The van der Waals surface area contributed by atoms with Crippen LogP contribution in [0.4, 0.5) is 0 Å². The summed E-state index contributed by atoms with van der Waals surface area (Å²) in [5.74, 6) is 1.98. The molecule has 28 heavy (non-hydrogen) atoms. The molecule has 1 aliphatic rings. The van der Waals surface area contributed by atoms with Crippen LogP contribution in [0.5, 0.6) is 0 Å². The molecule has 158 valence electrons. The van der Waals surface area contributed by atoms with E-state index in [4.69, 9.17) is 4.99 Å². The fraction of sp³-hybridized carbons (Fsp3) is 0.696. The Bertz CT molecular complexity index is 605. The molecule has 1 fully saturated rings. The van der Waals surface area contributed by atoms with E-state index in [0.29, 0.717) is 17.9 Å². The predicted octanol–water partition coefficient (Wildman–Crippen LogP) is 2.93. The number of hydrogen-bond donors (Lipinski definition) is 2. The molecule has 2 unspecified atom stereocenters. The van der Waals surface area contributed by atoms with Crippen LogP contribution < -0.4 is 10.6 Å². The Balaban J connectivity index is 1.95. The molecular formula is C23H41N5. The first kappa shape index (κ1) is 22.7. The summed E-state index contributed by atoms with van der Waals surface area (Å²) in [5, 5.41) is 6.97. The highest BCUT2D eigenvalue weighted by Crippen LogP contribution is 2.16. The number of hydrogen-bond acceptors (Lipinski definition) is 3. The summed E-state index contributed by atoms with van der Waals surface area (Å²) in [7, 11) is 2.21. The van der Waals surface area contributed by atoms with Gasteiger partial charge in [-0.15, -0.1) is 0 Å². The molecule has 1 heterocycles. The summed E-state index contributed by atoms with van der Waals surface area (Å²) in [6, 6.07) is 9.28. The zero-order chi connectivity index (χ0) is 20.5. The van der Waals surface area contributed by atoms with Crippen molar-refractivity contribution < 1.29 is 0 Å². The van der Waals surface area contributed by atoms with Gasteiger partial charge < -0.3 is 15.5 Å². The van der Waals surface area contributed by atoms with Crippen LogP contribution in [0.1, 0.15) is 44.7 Å². The fourth-order valence-electron chi connectivity index (χ4n) is 3.77. The van der Waals surface area contributed by atoms with Gasteiger partial charge in [-0.25, -0.2) is 0 Å². The Morgan fingerprint density at radius 3 is 2.43 bits per heavy atom. The van der Waals surface area contributed by atoms with Crippen molar-refractivity contribution >= 4 is 5.96 Å². The topological polar surface area (TPSA) is 42.9 Å². The normalized spacial score (nSPS) is 18.9. The molecule has 2 N–H and O–H groups in total. The van der Waals surface area contributed by atoms with E-state index < -0.39 is 0 Å².